The minimum absolute atomic E-state index is 0. The van der Waals surface area contributed by atoms with Gasteiger partial charge < -0.3 is 22.3 Å². The van der Waals surface area contributed by atoms with E-state index in [4.69, 9.17) is 5.73 Å². The van der Waals surface area contributed by atoms with E-state index in [9.17, 15) is 14.4 Å². The molecule has 0 spiro atoms. The van der Waals surface area contributed by atoms with Crippen molar-refractivity contribution in [3.63, 3.8) is 0 Å². The van der Waals surface area contributed by atoms with Crippen molar-refractivity contribution in [3.8, 4) is 0 Å². The minimum atomic E-state index is -0.475. The fourth-order valence-corrected chi connectivity index (χ4v) is 0.765. The molecule has 0 unspecified atom stereocenters. The van der Waals surface area contributed by atoms with Gasteiger partial charge in [-0.05, 0) is 6.07 Å². The summed E-state index contributed by atoms with van der Waals surface area (Å²) < 4.78 is 0. The van der Waals surface area contributed by atoms with Crippen LogP contribution in [0.25, 0.3) is 0 Å². The quantitative estimate of drug-likeness (QED) is 0.381. The van der Waals surface area contributed by atoms with Gasteiger partial charge >= 0.3 is 11.4 Å². The average molecular weight is 274 g/mol. The van der Waals surface area contributed by atoms with Crippen molar-refractivity contribution >= 4 is 5.82 Å². The maximum atomic E-state index is 10.2. The molecule has 0 atom stereocenters. The molecule has 2 rings (SSSR count). The molecule has 2 heterocycles. The van der Waals surface area contributed by atoms with Crippen molar-refractivity contribution in [2.75, 3.05) is 5.73 Å². The van der Waals surface area contributed by atoms with Crippen LogP contribution in [-0.4, -0.2) is 25.4 Å². The van der Waals surface area contributed by atoms with Crippen LogP contribution in [0.3, 0.4) is 0 Å². The number of nitrogen functional groups attached to an aromatic ring is 1. The predicted molar refractivity (Wildman–Crippen MR) is 72.3 cm³/mol. The summed E-state index contributed by atoms with van der Waals surface area (Å²) >= 11 is 0. The number of aromatic amines is 3. The molecular formula is C9H18N6O4. The van der Waals surface area contributed by atoms with E-state index in [1.54, 1.807) is 0 Å². The van der Waals surface area contributed by atoms with Crippen LogP contribution in [0.1, 0.15) is 7.43 Å². The van der Waals surface area contributed by atoms with Crippen LogP contribution in [0.2, 0.25) is 0 Å². The second-order valence-electron chi connectivity index (χ2n) is 2.63. The predicted octanol–water partition coefficient (Wildman–Crippen LogP) is -1.61. The standard InChI is InChI=1S/C4H5N3O.C4H4N2O2.CH4.H3N.H2O/c5-3-1-2-6-4(8)7-3;7-3-1-2-5-4(8)6-3;;;/h1-2H,(H3,5,6,7,8);1-2H,(H2,5,6,7,8);1H4;1H3;1H2. The van der Waals surface area contributed by atoms with Crippen LogP contribution in [0, 0.1) is 0 Å². The van der Waals surface area contributed by atoms with E-state index in [0.717, 1.165) is 0 Å². The van der Waals surface area contributed by atoms with Crippen LogP contribution >= 0.6 is 0 Å². The number of rotatable bonds is 0. The molecule has 10 N–H and O–H groups in total. The summed E-state index contributed by atoms with van der Waals surface area (Å²) in [5.74, 6) is 0.338. The largest absolute Gasteiger partial charge is 0.412 e. The zero-order valence-electron chi connectivity index (χ0n) is 9.27. The Kier molecular flexibility index (Phi) is 11.8. The number of hydrogen-bond acceptors (Lipinski definition) is 6. The second kappa shape index (κ2) is 10.4. The topological polar surface area (TPSA) is 204 Å². The normalized spacial score (nSPS) is 7.58. The van der Waals surface area contributed by atoms with Crippen LogP contribution in [0.4, 0.5) is 5.82 Å². The molecule has 10 nitrogen and oxygen atoms in total. The van der Waals surface area contributed by atoms with Gasteiger partial charge in [-0.1, -0.05) is 7.43 Å². The Bertz CT molecular complexity index is 591. The fraction of sp³-hybridized carbons (Fsp3) is 0.111. The lowest BCUT2D eigenvalue weighted by Gasteiger charge is -1.84. The molecule has 0 saturated carbocycles. The van der Waals surface area contributed by atoms with Gasteiger partial charge in [0, 0.05) is 18.5 Å². The first-order valence-electron chi connectivity index (χ1n) is 4.17. The van der Waals surface area contributed by atoms with Crippen molar-refractivity contribution in [1.29, 1.82) is 0 Å². The Balaban J connectivity index is -0.000000233. The summed E-state index contributed by atoms with van der Waals surface area (Å²) in [6, 6.07) is 2.75. The third-order valence-electron chi connectivity index (χ3n) is 1.38. The van der Waals surface area contributed by atoms with Gasteiger partial charge in [0.25, 0.3) is 5.56 Å². The van der Waals surface area contributed by atoms with Crippen molar-refractivity contribution in [3.05, 3.63) is 55.8 Å². The Labute approximate surface area is 107 Å². The van der Waals surface area contributed by atoms with E-state index < -0.39 is 11.4 Å². The Hall–Kier alpha value is -2.72. The molecule has 0 aliphatic carbocycles. The van der Waals surface area contributed by atoms with E-state index >= 15 is 0 Å². The SMILES string of the molecule is C.N.Nc1ccnc(=O)[nH]1.O.O=c1cc[nH]c(=O)[nH]1. The molecule has 0 aromatic carbocycles. The molecular weight excluding hydrogens is 256 g/mol. The second-order valence-corrected chi connectivity index (χ2v) is 2.63. The fourth-order valence-electron chi connectivity index (χ4n) is 0.765. The highest BCUT2D eigenvalue weighted by Gasteiger charge is 1.81. The molecule has 0 aliphatic heterocycles. The molecule has 0 saturated heterocycles. The van der Waals surface area contributed by atoms with Crippen molar-refractivity contribution < 1.29 is 5.48 Å². The molecule has 0 radical (unpaired) electrons. The van der Waals surface area contributed by atoms with Gasteiger partial charge in [0.15, 0.2) is 0 Å². The average Bonchev–Trinajstić information content (AvgIpc) is 2.17. The maximum Gasteiger partial charge on any atom is 0.346 e. The van der Waals surface area contributed by atoms with E-state index in [2.05, 4.69) is 15.0 Å². The lowest BCUT2D eigenvalue weighted by molar-refractivity contribution is 0.824. The smallest absolute Gasteiger partial charge is 0.346 e. The monoisotopic (exact) mass is 274 g/mol. The van der Waals surface area contributed by atoms with Gasteiger partial charge in [0.2, 0.25) is 0 Å². The first-order chi connectivity index (χ1) is 7.58. The number of hydrogen-bond donors (Lipinski definition) is 5. The highest BCUT2D eigenvalue weighted by Crippen LogP contribution is 1.82. The molecule has 0 bridgehead atoms. The summed E-state index contributed by atoms with van der Waals surface area (Å²) in [5, 5.41) is 0. The summed E-state index contributed by atoms with van der Waals surface area (Å²) in [4.78, 5) is 40.5. The molecule has 10 heteroatoms. The van der Waals surface area contributed by atoms with Crippen molar-refractivity contribution in [1.82, 2.24) is 26.1 Å². The minimum Gasteiger partial charge on any atom is -0.412 e. The van der Waals surface area contributed by atoms with Crippen molar-refractivity contribution in [2.24, 2.45) is 0 Å². The Morgan fingerprint density at radius 1 is 1.11 bits per heavy atom. The van der Waals surface area contributed by atoms with Gasteiger partial charge in [0.05, 0.1) is 0 Å². The highest BCUT2D eigenvalue weighted by atomic mass is 16.2. The van der Waals surface area contributed by atoms with Crippen LogP contribution < -0.4 is 28.8 Å². The first-order valence-corrected chi connectivity index (χ1v) is 4.17. The Morgan fingerprint density at radius 3 is 2.05 bits per heavy atom. The van der Waals surface area contributed by atoms with Gasteiger partial charge in [-0.15, -0.1) is 0 Å². The van der Waals surface area contributed by atoms with E-state index in [0.29, 0.717) is 5.82 Å². The van der Waals surface area contributed by atoms with Crippen LogP contribution in [0.15, 0.2) is 38.9 Å². The van der Waals surface area contributed by atoms with Gasteiger partial charge in [-0.25, -0.2) is 14.6 Å². The number of nitrogens with zero attached hydrogens (tertiary/aromatic N) is 1. The lowest BCUT2D eigenvalue weighted by Crippen LogP contribution is -2.19. The summed E-state index contributed by atoms with van der Waals surface area (Å²) in [7, 11) is 0. The molecule has 0 amide bonds. The number of anilines is 1. The maximum absolute atomic E-state index is 10.2. The number of H-pyrrole nitrogens is 3. The zero-order chi connectivity index (χ0) is 12.0. The number of nitrogens with two attached hydrogens (primary N) is 1. The number of nitrogens with one attached hydrogen (secondary N) is 3. The number of aromatic nitrogens is 4. The third-order valence-corrected chi connectivity index (χ3v) is 1.38. The molecule has 19 heavy (non-hydrogen) atoms. The highest BCUT2D eigenvalue weighted by molar-refractivity contribution is 5.22. The van der Waals surface area contributed by atoms with Gasteiger partial charge in [-0.2, -0.15) is 0 Å². The summed E-state index contributed by atoms with van der Waals surface area (Å²) in [6.07, 6.45) is 2.65. The molecule has 0 fully saturated rings. The lowest BCUT2D eigenvalue weighted by atomic mass is 10.6. The first kappa shape index (κ1) is 21.6. The Morgan fingerprint density at radius 2 is 1.74 bits per heavy atom. The summed E-state index contributed by atoms with van der Waals surface area (Å²) in [5.41, 5.74) is 3.90. The molecule has 2 aromatic rings. The molecule has 0 aliphatic rings. The van der Waals surface area contributed by atoms with Crippen LogP contribution in [-0.2, 0) is 0 Å². The molecule has 108 valence electrons. The van der Waals surface area contributed by atoms with Crippen molar-refractivity contribution in [2.45, 2.75) is 7.43 Å². The summed E-state index contributed by atoms with van der Waals surface area (Å²) in [6.45, 7) is 0. The van der Waals surface area contributed by atoms with E-state index in [1.165, 1.54) is 24.5 Å². The van der Waals surface area contributed by atoms with E-state index in [-0.39, 0.29) is 24.6 Å². The zero-order valence-corrected chi connectivity index (χ0v) is 9.27. The third kappa shape index (κ3) is 9.02. The van der Waals surface area contributed by atoms with E-state index in [1.807, 2.05) is 4.98 Å². The van der Waals surface area contributed by atoms with Crippen LogP contribution in [0.5, 0.6) is 0 Å². The van der Waals surface area contributed by atoms with Gasteiger partial charge in [0.1, 0.15) is 5.82 Å². The molecule has 2 aromatic heterocycles. The van der Waals surface area contributed by atoms with Gasteiger partial charge in [-0.3, -0.25) is 14.8 Å².